The first-order chi connectivity index (χ1) is 8.29. The van der Waals surface area contributed by atoms with Gasteiger partial charge >= 0.3 is 0 Å². The summed E-state index contributed by atoms with van der Waals surface area (Å²) in [5.74, 6) is 1.87. The molecule has 1 heterocycles. The molecule has 0 fully saturated rings. The molecule has 0 aliphatic carbocycles. The van der Waals surface area contributed by atoms with E-state index >= 15 is 0 Å². The van der Waals surface area contributed by atoms with Gasteiger partial charge in [0.2, 0.25) is 0 Å². The zero-order chi connectivity index (χ0) is 12.1. The molecule has 1 aromatic heterocycles. The van der Waals surface area contributed by atoms with Crippen molar-refractivity contribution in [3.63, 3.8) is 0 Å². The average Bonchev–Trinajstić information content (AvgIpc) is 2.75. The molecule has 3 heteroatoms. The van der Waals surface area contributed by atoms with Crippen molar-refractivity contribution in [2.45, 2.75) is 20.4 Å². The van der Waals surface area contributed by atoms with Crippen LogP contribution in [0.4, 0.5) is 5.69 Å². The summed E-state index contributed by atoms with van der Waals surface area (Å²) in [5, 5.41) is 3.31. The molecular formula is C14H17NO2. The number of anilines is 1. The molecule has 1 N–H and O–H groups in total. The van der Waals surface area contributed by atoms with Crippen LogP contribution in [0.15, 0.2) is 41.0 Å². The van der Waals surface area contributed by atoms with Crippen LogP contribution in [0.5, 0.6) is 5.75 Å². The van der Waals surface area contributed by atoms with Gasteiger partial charge in [-0.05, 0) is 49.7 Å². The van der Waals surface area contributed by atoms with Crippen LogP contribution in [0, 0.1) is 6.92 Å². The molecule has 3 nitrogen and oxygen atoms in total. The van der Waals surface area contributed by atoms with Crippen LogP contribution >= 0.6 is 0 Å². The minimum absolute atomic E-state index is 0.693. The maximum atomic E-state index is 5.38. The van der Waals surface area contributed by atoms with E-state index in [0.29, 0.717) is 13.2 Å². The Kier molecular flexibility index (Phi) is 3.70. The molecule has 0 unspecified atom stereocenters. The van der Waals surface area contributed by atoms with E-state index in [1.165, 1.54) is 5.56 Å². The lowest BCUT2D eigenvalue weighted by Crippen LogP contribution is -1.99. The summed E-state index contributed by atoms with van der Waals surface area (Å²) in [4.78, 5) is 0. The van der Waals surface area contributed by atoms with Crippen molar-refractivity contribution in [3.8, 4) is 5.75 Å². The third-order valence-corrected chi connectivity index (χ3v) is 2.59. The van der Waals surface area contributed by atoms with Crippen molar-refractivity contribution in [1.82, 2.24) is 0 Å². The van der Waals surface area contributed by atoms with Gasteiger partial charge in [0.25, 0.3) is 0 Å². The fourth-order valence-corrected chi connectivity index (χ4v) is 1.60. The van der Waals surface area contributed by atoms with Gasteiger partial charge in [-0.3, -0.25) is 0 Å². The first-order valence-electron chi connectivity index (χ1n) is 5.79. The summed E-state index contributed by atoms with van der Waals surface area (Å²) < 4.78 is 10.7. The van der Waals surface area contributed by atoms with Gasteiger partial charge in [0.15, 0.2) is 0 Å². The Bertz CT molecular complexity index is 459. The molecule has 0 bridgehead atoms. The van der Waals surface area contributed by atoms with Crippen molar-refractivity contribution >= 4 is 5.69 Å². The molecule has 0 saturated heterocycles. The Morgan fingerprint density at radius 1 is 1.18 bits per heavy atom. The second kappa shape index (κ2) is 5.43. The number of rotatable bonds is 5. The Hall–Kier alpha value is -1.90. The first kappa shape index (κ1) is 11.6. The van der Waals surface area contributed by atoms with E-state index in [9.17, 15) is 0 Å². The first-order valence-corrected chi connectivity index (χ1v) is 5.79. The minimum atomic E-state index is 0.693. The van der Waals surface area contributed by atoms with E-state index in [4.69, 9.17) is 9.15 Å². The summed E-state index contributed by atoms with van der Waals surface area (Å²) in [5.41, 5.74) is 2.23. The van der Waals surface area contributed by atoms with Crippen LogP contribution in [0.25, 0.3) is 0 Å². The smallest absolute Gasteiger partial charge is 0.125 e. The van der Waals surface area contributed by atoms with Crippen LogP contribution in [-0.4, -0.2) is 6.61 Å². The SMILES string of the molecule is CCOc1ccc(NCc2occc2C)cc1. The number of furan rings is 1. The molecule has 0 aliphatic rings. The van der Waals surface area contributed by atoms with E-state index in [1.807, 2.05) is 44.2 Å². The van der Waals surface area contributed by atoms with Gasteiger partial charge in [-0.2, -0.15) is 0 Å². The Morgan fingerprint density at radius 3 is 2.53 bits per heavy atom. The van der Waals surface area contributed by atoms with Gasteiger partial charge in [-0.25, -0.2) is 0 Å². The van der Waals surface area contributed by atoms with E-state index < -0.39 is 0 Å². The molecule has 0 spiro atoms. The standard InChI is InChI=1S/C14H17NO2/c1-3-16-13-6-4-12(5-7-13)15-10-14-11(2)8-9-17-14/h4-9,15H,3,10H2,1-2H3. The van der Waals surface area contributed by atoms with Crippen LogP contribution in [0.3, 0.4) is 0 Å². The van der Waals surface area contributed by atoms with E-state index in [1.54, 1.807) is 6.26 Å². The van der Waals surface area contributed by atoms with Crippen LogP contribution in [0.2, 0.25) is 0 Å². The van der Waals surface area contributed by atoms with Gasteiger partial charge in [-0.1, -0.05) is 0 Å². The zero-order valence-electron chi connectivity index (χ0n) is 10.2. The molecule has 2 rings (SSSR count). The van der Waals surface area contributed by atoms with Gasteiger partial charge in [-0.15, -0.1) is 0 Å². The summed E-state index contributed by atoms with van der Waals surface area (Å²) in [6.45, 7) is 5.41. The predicted octanol–water partition coefficient (Wildman–Crippen LogP) is 3.60. The molecule has 0 radical (unpaired) electrons. The summed E-state index contributed by atoms with van der Waals surface area (Å²) in [7, 11) is 0. The number of hydrogen-bond acceptors (Lipinski definition) is 3. The lowest BCUT2D eigenvalue weighted by atomic mass is 10.2. The van der Waals surface area contributed by atoms with Crippen molar-refractivity contribution in [3.05, 3.63) is 47.9 Å². The third-order valence-electron chi connectivity index (χ3n) is 2.59. The average molecular weight is 231 g/mol. The molecule has 17 heavy (non-hydrogen) atoms. The molecule has 90 valence electrons. The Labute approximate surface area is 101 Å². The highest BCUT2D eigenvalue weighted by atomic mass is 16.5. The third kappa shape index (κ3) is 3.03. The molecule has 0 aliphatic heterocycles. The fraction of sp³-hybridized carbons (Fsp3) is 0.286. The number of hydrogen-bond donors (Lipinski definition) is 1. The van der Waals surface area contributed by atoms with Crippen molar-refractivity contribution < 1.29 is 9.15 Å². The molecule has 2 aromatic rings. The van der Waals surface area contributed by atoms with Crippen molar-refractivity contribution in [1.29, 1.82) is 0 Å². The maximum absolute atomic E-state index is 5.38. The fourth-order valence-electron chi connectivity index (χ4n) is 1.60. The maximum Gasteiger partial charge on any atom is 0.125 e. The van der Waals surface area contributed by atoms with Crippen molar-refractivity contribution in [2.75, 3.05) is 11.9 Å². The molecule has 0 saturated carbocycles. The number of aryl methyl sites for hydroxylation is 1. The largest absolute Gasteiger partial charge is 0.494 e. The highest BCUT2D eigenvalue weighted by molar-refractivity contribution is 5.46. The molecule has 0 atom stereocenters. The Morgan fingerprint density at radius 2 is 1.94 bits per heavy atom. The summed E-state index contributed by atoms with van der Waals surface area (Å²) in [6, 6.07) is 9.89. The Balaban J connectivity index is 1.93. The van der Waals surface area contributed by atoms with Gasteiger partial charge < -0.3 is 14.5 Å². The normalized spacial score (nSPS) is 10.2. The minimum Gasteiger partial charge on any atom is -0.494 e. The number of nitrogens with one attached hydrogen (secondary N) is 1. The van der Waals surface area contributed by atoms with Crippen LogP contribution < -0.4 is 10.1 Å². The van der Waals surface area contributed by atoms with Crippen molar-refractivity contribution in [2.24, 2.45) is 0 Å². The van der Waals surface area contributed by atoms with Crippen LogP contribution in [0.1, 0.15) is 18.2 Å². The van der Waals surface area contributed by atoms with Gasteiger partial charge in [0, 0.05) is 5.69 Å². The number of ether oxygens (including phenoxy) is 1. The van der Waals surface area contributed by atoms with E-state index in [-0.39, 0.29) is 0 Å². The van der Waals surface area contributed by atoms with E-state index in [2.05, 4.69) is 5.32 Å². The highest BCUT2D eigenvalue weighted by Gasteiger charge is 2.01. The monoisotopic (exact) mass is 231 g/mol. The molecular weight excluding hydrogens is 214 g/mol. The van der Waals surface area contributed by atoms with Gasteiger partial charge in [0.05, 0.1) is 19.4 Å². The topological polar surface area (TPSA) is 34.4 Å². The van der Waals surface area contributed by atoms with Gasteiger partial charge in [0.1, 0.15) is 11.5 Å². The van der Waals surface area contributed by atoms with Crippen LogP contribution in [-0.2, 0) is 6.54 Å². The highest BCUT2D eigenvalue weighted by Crippen LogP contribution is 2.17. The summed E-state index contributed by atoms with van der Waals surface area (Å²) >= 11 is 0. The summed E-state index contributed by atoms with van der Waals surface area (Å²) in [6.07, 6.45) is 1.71. The van der Waals surface area contributed by atoms with E-state index in [0.717, 1.165) is 17.2 Å². The lowest BCUT2D eigenvalue weighted by molar-refractivity contribution is 0.340. The lowest BCUT2D eigenvalue weighted by Gasteiger charge is -2.07. The zero-order valence-corrected chi connectivity index (χ0v) is 10.2. The molecule has 0 amide bonds. The molecule has 1 aromatic carbocycles. The quantitative estimate of drug-likeness (QED) is 0.853. The second-order valence-corrected chi connectivity index (χ2v) is 3.84. The second-order valence-electron chi connectivity index (χ2n) is 3.84. The number of benzene rings is 1. The predicted molar refractivity (Wildman–Crippen MR) is 68.4 cm³/mol.